The highest BCUT2D eigenvalue weighted by atomic mass is 16.1. The highest BCUT2D eigenvalue weighted by Crippen LogP contribution is 2.15. The van der Waals surface area contributed by atoms with Crippen LogP contribution in [0.15, 0.2) is 30.6 Å². The SMILES string of the molecule is Cc1nc(C=O)cc(-c2ccncc2)n1. The van der Waals surface area contributed by atoms with Gasteiger partial charge in [-0.3, -0.25) is 9.78 Å². The van der Waals surface area contributed by atoms with Crippen molar-refractivity contribution in [3.63, 3.8) is 0 Å². The van der Waals surface area contributed by atoms with Gasteiger partial charge in [-0.05, 0) is 25.1 Å². The molecule has 0 aromatic carbocycles. The lowest BCUT2D eigenvalue weighted by Crippen LogP contribution is -1.96. The number of aryl methyl sites for hydroxylation is 1. The largest absolute Gasteiger partial charge is 0.296 e. The molecule has 2 rings (SSSR count). The molecule has 2 aromatic heterocycles. The van der Waals surface area contributed by atoms with Crippen LogP contribution < -0.4 is 0 Å². The van der Waals surface area contributed by atoms with Crippen LogP contribution in [0.1, 0.15) is 16.3 Å². The number of pyridine rings is 1. The van der Waals surface area contributed by atoms with E-state index in [9.17, 15) is 4.79 Å². The van der Waals surface area contributed by atoms with Gasteiger partial charge in [0.15, 0.2) is 6.29 Å². The minimum absolute atomic E-state index is 0.398. The van der Waals surface area contributed by atoms with Crippen molar-refractivity contribution in [2.75, 3.05) is 0 Å². The van der Waals surface area contributed by atoms with Crippen molar-refractivity contribution in [2.45, 2.75) is 6.92 Å². The average Bonchev–Trinajstić information content (AvgIpc) is 2.29. The molecule has 2 heterocycles. The molecule has 4 heteroatoms. The minimum Gasteiger partial charge on any atom is -0.296 e. The molecule has 0 aliphatic rings. The molecule has 0 amide bonds. The zero-order chi connectivity index (χ0) is 10.7. The van der Waals surface area contributed by atoms with E-state index < -0.39 is 0 Å². The van der Waals surface area contributed by atoms with E-state index in [1.807, 2.05) is 12.1 Å². The Morgan fingerprint density at radius 3 is 2.60 bits per heavy atom. The summed E-state index contributed by atoms with van der Waals surface area (Å²) in [5, 5.41) is 0. The first-order valence-electron chi connectivity index (χ1n) is 4.51. The standard InChI is InChI=1S/C11H9N3O/c1-8-13-10(7-15)6-11(14-8)9-2-4-12-5-3-9/h2-7H,1H3. The molecule has 0 radical (unpaired) electrons. The zero-order valence-electron chi connectivity index (χ0n) is 8.21. The second-order valence-corrected chi connectivity index (χ2v) is 3.08. The highest BCUT2D eigenvalue weighted by Gasteiger charge is 2.02. The first-order valence-corrected chi connectivity index (χ1v) is 4.51. The number of hydrogen-bond donors (Lipinski definition) is 0. The highest BCUT2D eigenvalue weighted by molar-refractivity contribution is 5.74. The Labute approximate surface area is 87.0 Å². The summed E-state index contributed by atoms with van der Waals surface area (Å²) in [6.07, 6.45) is 4.10. The Kier molecular flexibility index (Phi) is 2.49. The van der Waals surface area contributed by atoms with Gasteiger partial charge in [-0.25, -0.2) is 9.97 Å². The topological polar surface area (TPSA) is 55.7 Å². The lowest BCUT2D eigenvalue weighted by Gasteiger charge is -2.01. The van der Waals surface area contributed by atoms with Gasteiger partial charge in [0.1, 0.15) is 11.5 Å². The predicted octanol–water partition coefficient (Wildman–Crippen LogP) is 1.66. The quantitative estimate of drug-likeness (QED) is 0.690. The monoisotopic (exact) mass is 199 g/mol. The third-order valence-electron chi connectivity index (χ3n) is 1.95. The smallest absolute Gasteiger partial charge is 0.168 e. The molecule has 0 unspecified atom stereocenters. The van der Waals surface area contributed by atoms with Crippen LogP contribution >= 0.6 is 0 Å². The van der Waals surface area contributed by atoms with Crippen LogP contribution in [0.3, 0.4) is 0 Å². The summed E-state index contributed by atoms with van der Waals surface area (Å²) in [5.74, 6) is 0.589. The molecule has 2 aromatic rings. The molecule has 0 spiro atoms. The molecule has 4 nitrogen and oxygen atoms in total. The molecule has 0 aliphatic heterocycles. The van der Waals surface area contributed by atoms with Crippen LogP contribution in [0.25, 0.3) is 11.3 Å². The van der Waals surface area contributed by atoms with Crippen molar-refractivity contribution < 1.29 is 4.79 Å². The minimum atomic E-state index is 0.398. The maximum absolute atomic E-state index is 10.6. The molecular weight excluding hydrogens is 190 g/mol. The first kappa shape index (κ1) is 9.45. The molecule has 0 saturated heterocycles. The fourth-order valence-electron chi connectivity index (χ4n) is 1.32. The van der Waals surface area contributed by atoms with Crippen LogP contribution in [0.5, 0.6) is 0 Å². The summed E-state index contributed by atoms with van der Waals surface area (Å²) < 4.78 is 0. The van der Waals surface area contributed by atoms with Crippen LogP contribution in [0.2, 0.25) is 0 Å². The van der Waals surface area contributed by atoms with Gasteiger partial charge in [0.25, 0.3) is 0 Å². The Morgan fingerprint density at radius 2 is 1.93 bits per heavy atom. The van der Waals surface area contributed by atoms with E-state index in [2.05, 4.69) is 15.0 Å². The zero-order valence-corrected chi connectivity index (χ0v) is 8.21. The molecule has 0 N–H and O–H groups in total. The van der Waals surface area contributed by atoms with Crippen LogP contribution in [-0.4, -0.2) is 21.2 Å². The third kappa shape index (κ3) is 2.04. The van der Waals surface area contributed by atoms with E-state index in [0.29, 0.717) is 11.5 Å². The summed E-state index contributed by atoms with van der Waals surface area (Å²) in [7, 11) is 0. The molecule has 15 heavy (non-hydrogen) atoms. The van der Waals surface area contributed by atoms with Crippen molar-refractivity contribution in [1.29, 1.82) is 0 Å². The lowest BCUT2D eigenvalue weighted by molar-refractivity contribution is 0.111. The van der Waals surface area contributed by atoms with E-state index in [0.717, 1.165) is 17.5 Å². The van der Waals surface area contributed by atoms with Gasteiger partial charge < -0.3 is 0 Å². The van der Waals surface area contributed by atoms with Gasteiger partial charge in [-0.15, -0.1) is 0 Å². The second-order valence-electron chi connectivity index (χ2n) is 3.08. The molecular formula is C11H9N3O. The maximum atomic E-state index is 10.6. The third-order valence-corrected chi connectivity index (χ3v) is 1.95. The van der Waals surface area contributed by atoms with Crippen LogP contribution in [0, 0.1) is 6.92 Å². The summed E-state index contributed by atoms with van der Waals surface area (Å²) in [4.78, 5) is 22.8. The van der Waals surface area contributed by atoms with Crippen molar-refractivity contribution >= 4 is 6.29 Å². The van der Waals surface area contributed by atoms with E-state index in [4.69, 9.17) is 0 Å². The molecule has 0 saturated carbocycles. The fraction of sp³-hybridized carbons (Fsp3) is 0.0909. The summed E-state index contributed by atoms with van der Waals surface area (Å²) in [5.41, 5.74) is 2.07. The van der Waals surface area contributed by atoms with Crippen LogP contribution in [-0.2, 0) is 0 Å². The van der Waals surface area contributed by atoms with Gasteiger partial charge in [0, 0.05) is 18.0 Å². The summed E-state index contributed by atoms with van der Waals surface area (Å²) in [6.45, 7) is 1.76. The summed E-state index contributed by atoms with van der Waals surface area (Å²) in [6, 6.07) is 5.35. The average molecular weight is 199 g/mol. The van der Waals surface area contributed by atoms with E-state index >= 15 is 0 Å². The van der Waals surface area contributed by atoms with Crippen LogP contribution in [0.4, 0.5) is 0 Å². The Bertz CT molecular complexity index is 482. The van der Waals surface area contributed by atoms with E-state index in [1.165, 1.54) is 0 Å². The Hall–Kier alpha value is -2.10. The molecule has 0 atom stereocenters. The number of carbonyl (C=O) groups excluding carboxylic acids is 1. The molecule has 0 aliphatic carbocycles. The van der Waals surface area contributed by atoms with E-state index in [1.54, 1.807) is 25.4 Å². The number of nitrogens with zero attached hydrogens (tertiary/aromatic N) is 3. The molecule has 0 fully saturated rings. The number of aromatic nitrogens is 3. The predicted molar refractivity (Wildman–Crippen MR) is 55.4 cm³/mol. The second kappa shape index (κ2) is 3.96. The maximum Gasteiger partial charge on any atom is 0.168 e. The normalized spacial score (nSPS) is 9.93. The lowest BCUT2D eigenvalue weighted by atomic mass is 10.2. The first-order chi connectivity index (χ1) is 7.29. The van der Waals surface area contributed by atoms with Crippen molar-refractivity contribution in [1.82, 2.24) is 15.0 Å². The van der Waals surface area contributed by atoms with Gasteiger partial charge in [0.2, 0.25) is 0 Å². The number of rotatable bonds is 2. The Balaban J connectivity index is 2.53. The number of aldehydes is 1. The van der Waals surface area contributed by atoms with Gasteiger partial charge in [-0.1, -0.05) is 0 Å². The van der Waals surface area contributed by atoms with Crippen molar-refractivity contribution in [2.24, 2.45) is 0 Å². The van der Waals surface area contributed by atoms with E-state index in [-0.39, 0.29) is 0 Å². The van der Waals surface area contributed by atoms with Gasteiger partial charge in [-0.2, -0.15) is 0 Å². The van der Waals surface area contributed by atoms with Crippen molar-refractivity contribution in [3.05, 3.63) is 42.1 Å². The number of carbonyl (C=O) groups is 1. The Morgan fingerprint density at radius 1 is 1.20 bits per heavy atom. The van der Waals surface area contributed by atoms with Crippen molar-refractivity contribution in [3.8, 4) is 11.3 Å². The molecule has 0 bridgehead atoms. The van der Waals surface area contributed by atoms with Gasteiger partial charge in [0.05, 0.1) is 5.69 Å². The fourth-order valence-corrected chi connectivity index (χ4v) is 1.32. The molecule has 74 valence electrons. The number of hydrogen-bond acceptors (Lipinski definition) is 4. The van der Waals surface area contributed by atoms with Gasteiger partial charge >= 0.3 is 0 Å². The summed E-state index contributed by atoms with van der Waals surface area (Å²) >= 11 is 0.